The fourth-order valence-corrected chi connectivity index (χ4v) is 2.14. The van der Waals surface area contributed by atoms with Gasteiger partial charge in [0.15, 0.2) is 5.69 Å². The van der Waals surface area contributed by atoms with Gasteiger partial charge < -0.3 is 9.84 Å². The zero-order valence-electron chi connectivity index (χ0n) is 10.1. The number of carboxylic acids is 1. The smallest absolute Gasteiger partial charge is 0.354 e. The molecule has 0 bridgehead atoms. The summed E-state index contributed by atoms with van der Waals surface area (Å²) in [7, 11) is 0. The van der Waals surface area contributed by atoms with E-state index in [0.717, 1.165) is 12.1 Å². The van der Waals surface area contributed by atoms with Crippen LogP contribution in [0, 0.1) is 10.1 Å². The first-order valence-corrected chi connectivity index (χ1v) is 6.57. The molecule has 0 saturated heterocycles. The molecule has 0 amide bonds. The Labute approximate surface area is 131 Å². The van der Waals surface area contributed by atoms with Gasteiger partial charge in [-0.15, -0.1) is 0 Å². The first kappa shape index (κ1) is 15.2. The number of hydrogen-bond donors (Lipinski definition) is 1. The van der Waals surface area contributed by atoms with Gasteiger partial charge in [-0.25, -0.2) is 4.79 Å². The minimum absolute atomic E-state index is 0.123. The summed E-state index contributed by atoms with van der Waals surface area (Å²) < 4.78 is 5.97. The van der Waals surface area contributed by atoms with Gasteiger partial charge in [-0.1, -0.05) is 27.5 Å². The lowest BCUT2D eigenvalue weighted by molar-refractivity contribution is -0.386. The number of hydrogen-bond acceptors (Lipinski definition) is 5. The zero-order valence-corrected chi connectivity index (χ0v) is 12.5. The zero-order chi connectivity index (χ0) is 15.6. The molecule has 0 aliphatic heterocycles. The molecule has 2 aromatic rings. The molecule has 0 atom stereocenters. The Bertz CT molecular complexity index is 738. The monoisotopic (exact) mass is 372 g/mol. The van der Waals surface area contributed by atoms with Crippen LogP contribution in [-0.2, 0) is 0 Å². The predicted octanol–water partition coefficient (Wildman–Crippen LogP) is 3.90. The van der Waals surface area contributed by atoms with Crippen LogP contribution in [-0.4, -0.2) is 21.0 Å². The molecule has 7 nitrogen and oxygen atoms in total. The van der Waals surface area contributed by atoms with E-state index in [1.165, 1.54) is 12.1 Å². The maximum Gasteiger partial charge on any atom is 0.354 e. The maximum atomic E-state index is 10.9. The Morgan fingerprint density at radius 3 is 2.67 bits per heavy atom. The third-order valence-corrected chi connectivity index (χ3v) is 3.15. The second-order valence-corrected chi connectivity index (χ2v) is 5.08. The average Bonchev–Trinajstić information content (AvgIpc) is 2.41. The van der Waals surface area contributed by atoms with Crippen LogP contribution >= 0.6 is 27.5 Å². The summed E-state index contributed by atoms with van der Waals surface area (Å²) in [5, 5.41) is 20.0. The Morgan fingerprint density at radius 2 is 2.10 bits per heavy atom. The standard InChI is InChI=1S/C12H6BrClN2O5/c13-6-1-4-10(7(14)5-6)21-11-9(16(19)20)3-2-8(15-11)12(17)18/h1-5H,(H,17,18). The van der Waals surface area contributed by atoms with E-state index in [1.54, 1.807) is 6.07 Å². The van der Waals surface area contributed by atoms with Crippen molar-refractivity contribution in [3.05, 3.63) is 55.6 Å². The molecule has 1 heterocycles. The van der Waals surface area contributed by atoms with Gasteiger partial charge in [0.25, 0.3) is 0 Å². The third kappa shape index (κ3) is 3.47. The number of benzene rings is 1. The summed E-state index contributed by atoms with van der Waals surface area (Å²) in [4.78, 5) is 24.7. The summed E-state index contributed by atoms with van der Waals surface area (Å²) in [6, 6.07) is 6.66. The van der Waals surface area contributed by atoms with Crippen molar-refractivity contribution in [3.8, 4) is 11.6 Å². The van der Waals surface area contributed by atoms with Gasteiger partial charge in [0.1, 0.15) is 5.75 Å². The number of aromatic carboxylic acids is 1. The van der Waals surface area contributed by atoms with E-state index in [2.05, 4.69) is 20.9 Å². The summed E-state index contributed by atoms with van der Waals surface area (Å²) >= 11 is 9.15. The topological polar surface area (TPSA) is 103 Å². The Morgan fingerprint density at radius 1 is 1.38 bits per heavy atom. The van der Waals surface area contributed by atoms with Gasteiger partial charge in [-0.2, -0.15) is 4.98 Å². The Hall–Kier alpha value is -2.19. The second kappa shape index (κ2) is 6.06. The third-order valence-electron chi connectivity index (χ3n) is 2.36. The van der Waals surface area contributed by atoms with Crippen LogP contribution in [0.5, 0.6) is 11.6 Å². The quantitative estimate of drug-likeness (QED) is 0.644. The number of nitrogens with zero attached hydrogens (tertiary/aromatic N) is 2. The lowest BCUT2D eigenvalue weighted by atomic mass is 10.3. The van der Waals surface area contributed by atoms with Crippen LogP contribution in [0.15, 0.2) is 34.8 Å². The normalized spacial score (nSPS) is 10.2. The molecule has 2 rings (SSSR count). The Kier molecular flexibility index (Phi) is 4.39. The molecule has 0 radical (unpaired) electrons. The van der Waals surface area contributed by atoms with Crippen molar-refractivity contribution < 1.29 is 19.6 Å². The highest BCUT2D eigenvalue weighted by molar-refractivity contribution is 9.10. The first-order chi connectivity index (χ1) is 9.88. The van der Waals surface area contributed by atoms with E-state index in [4.69, 9.17) is 21.4 Å². The highest BCUT2D eigenvalue weighted by Crippen LogP contribution is 2.34. The van der Waals surface area contributed by atoms with Crippen LogP contribution in [0.4, 0.5) is 5.69 Å². The van der Waals surface area contributed by atoms with Gasteiger partial charge in [0, 0.05) is 10.5 Å². The molecule has 0 spiro atoms. The van der Waals surface area contributed by atoms with Crippen molar-refractivity contribution in [1.82, 2.24) is 4.98 Å². The molecule has 1 aromatic heterocycles. The summed E-state index contributed by atoms with van der Waals surface area (Å²) in [6.45, 7) is 0. The van der Waals surface area contributed by atoms with Crippen molar-refractivity contribution in [2.45, 2.75) is 0 Å². The average molecular weight is 374 g/mol. The molecular weight excluding hydrogens is 367 g/mol. The summed E-state index contributed by atoms with van der Waals surface area (Å²) in [5.41, 5.74) is -0.831. The van der Waals surface area contributed by atoms with E-state index in [1.807, 2.05) is 0 Å². The number of nitro groups is 1. The molecular formula is C12H6BrClN2O5. The minimum Gasteiger partial charge on any atom is -0.477 e. The number of ether oxygens (including phenoxy) is 1. The molecule has 108 valence electrons. The molecule has 0 aliphatic rings. The summed E-state index contributed by atoms with van der Waals surface area (Å²) in [6.07, 6.45) is 0. The molecule has 21 heavy (non-hydrogen) atoms. The minimum atomic E-state index is -1.32. The van der Waals surface area contributed by atoms with Gasteiger partial charge in [0.2, 0.25) is 0 Å². The number of carboxylic acid groups (broad SMARTS) is 1. The van der Waals surface area contributed by atoms with E-state index < -0.39 is 22.5 Å². The van der Waals surface area contributed by atoms with Crippen LogP contribution in [0.2, 0.25) is 5.02 Å². The number of aromatic nitrogens is 1. The second-order valence-electron chi connectivity index (χ2n) is 3.76. The maximum absolute atomic E-state index is 10.9. The van der Waals surface area contributed by atoms with E-state index in [0.29, 0.717) is 4.47 Å². The summed E-state index contributed by atoms with van der Waals surface area (Å²) in [5.74, 6) is -1.64. The number of carbonyl (C=O) groups is 1. The molecule has 0 saturated carbocycles. The van der Waals surface area contributed by atoms with Gasteiger partial charge in [0.05, 0.1) is 9.95 Å². The number of halogens is 2. The Balaban J connectivity index is 2.48. The highest BCUT2D eigenvalue weighted by atomic mass is 79.9. The first-order valence-electron chi connectivity index (χ1n) is 5.40. The molecule has 9 heteroatoms. The van der Waals surface area contributed by atoms with Crippen molar-refractivity contribution in [2.24, 2.45) is 0 Å². The molecule has 1 aromatic carbocycles. The fourth-order valence-electron chi connectivity index (χ4n) is 1.43. The lowest BCUT2D eigenvalue weighted by Crippen LogP contribution is -2.04. The van der Waals surface area contributed by atoms with Crippen LogP contribution < -0.4 is 4.74 Å². The number of rotatable bonds is 4. The van der Waals surface area contributed by atoms with E-state index in [9.17, 15) is 14.9 Å². The lowest BCUT2D eigenvalue weighted by Gasteiger charge is -2.07. The van der Waals surface area contributed by atoms with Crippen molar-refractivity contribution in [2.75, 3.05) is 0 Å². The van der Waals surface area contributed by atoms with Crippen molar-refractivity contribution in [1.29, 1.82) is 0 Å². The molecule has 0 unspecified atom stereocenters. The van der Waals surface area contributed by atoms with Gasteiger partial charge in [-0.3, -0.25) is 10.1 Å². The fraction of sp³-hybridized carbons (Fsp3) is 0. The van der Waals surface area contributed by atoms with Gasteiger partial charge in [-0.05, 0) is 24.3 Å². The molecule has 0 fully saturated rings. The predicted molar refractivity (Wildman–Crippen MR) is 77.1 cm³/mol. The van der Waals surface area contributed by atoms with E-state index in [-0.39, 0.29) is 16.5 Å². The number of pyridine rings is 1. The van der Waals surface area contributed by atoms with Crippen molar-refractivity contribution >= 4 is 39.2 Å². The van der Waals surface area contributed by atoms with Gasteiger partial charge >= 0.3 is 17.5 Å². The SMILES string of the molecule is O=C(O)c1ccc([N+](=O)[O-])c(Oc2ccc(Br)cc2Cl)n1. The molecule has 0 aliphatic carbocycles. The largest absolute Gasteiger partial charge is 0.477 e. The van der Waals surface area contributed by atoms with Crippen LogP contribution in [0.3, 0.4) is 0 Å². The highest BCUT2D eigenvalue weighted by Gasteiger charge is 2.21. The van der Waals surface area contributed by atoms with E-state index >= 15 is 0 Å². The van der Waals surface area contributed by atoms with Crippen molar-refractivity contribution in [3.63, 3.8) is 0 Å². The molecule has 1 N–H and O–H groups in total. The van der Waals surface area contributed by atoms with Crippen LogP contribution in [0.1, 0.15) is 10.5 Å². The van der Waals surface area contributed by atoms with Crippen LogP contribution in [0.25, 0.3) is 0 Å².